The van der Waals surface area contributed by atoms with Crippen LogP contribution in [-0.2, 0) is 6.54 Å². The molecule has 1 heterocycles. The highest BCUT2D eigenvalue weighted by molar-refractivity contribution is 7.98. The minimum absolute atomic E-state index is 0.00989. The van der Waals surface area contributed by atoms with Gasteiger partial charge in [-0.3, -0.25) is 4.90 Å². The number of benzene rings is 1. The Labute approximate surface area is 129 Å². The zero-order valence-electron chi connectivity index (χ0n) is 12.6. The van der Waals surface area contributed by atoms with Crippen LogP contribution in [0.4, 0.5) is 0 Å². The van der Waals surface area contributed by atoms with Gasteiger partial charge in [-0.1, -0.05) is 13.0 Å². The van der Waals surface area contributed by atoms with Crippen LogP contribution in [0.2, 0.25) is 0 Å². The number of fused-ring (bicyclic) bond motifs is 1. The first-order valence-electron chi connectivity index (χ1n) is 7.00. The summed E-state index contributed by atoms with van der Waals surface area (Å²) in [4.78, 5) is 13.3. The van der Waals surface area contributed by atoms with Gasteiger partial charge in [0.1, 0.15) is 5.58 Å². The molecule has 114 valence electrons. The van der Waals surface area contributed by atoms with Crippen LogP contribution in [0.1, 0.15) is 29.5 Å². The van der Waals surface area contributed by atoms with E-state index in [0.29, 0.717) is 11.6 Å². The first-order valence-corrected chi connectivity index (χ1v) is 8.39. The maximum Gasteiger partial charge on any atom is 0.371 e. The number of nitrogens with zero attached hydrogens (tertiary/aromatic N) is 1. The van der Waals surface area contributed by atoms with Crippen molar-refractivity contribution in [3.05, 3.63) is 35.6 Å². The number of carboxylic acid groups (broad SMARTS) is 1. The van der Waals surface area contributed by atoms with Gasteiger partial charge >= 0.3 is 5.97 Å². The summed E-state index contributed by atoms with van der Waals surface area (Å²) in [6.45, 7) is 3.05. The fourth-order valence-corrected chi connectivity index (χ4v) is 3.34. The maximum atomic E-state index is 10.9. The molecular formula is C16H21NO3S. The summed E-state index contributed by atoms with van der Waals surface area (Å²) in [6, 6.07) is 7.99. The van der Waals surface area contributed by atoms with E-state index in [1.807, 2.05) is 30.0 Å². The summed E-state index contributed by atoms with van der Waals surface area (Å²) in [5.41, 5.74) is 1.79. The average Bonchev–Trinajstić information content (AvgIpc) is 2.88. The fourth-order valence-electron chi connectivity index (χ4n) is 2.46. The predicted molar refractivity (Wildman–Crippen MR) is 87.1 cm³/mol. The Morgan fingerprint density at radius 2 is 2.19 bits per heavy atom. The molecule has 1 aromatic heterocycles. The summed E-state index contributed by atoms with van der Waals surface area (Å²) in [6.07, 6.45) is 3.25. The first kappa shape index (κ1) is 15.9. The lowest BCUT2D eigenvalue weighted by atomic mass is 10.1. The van der Waals surface area contributed by atoms with Crippen LogP contribution >= 0.6 is 11.8 Å². The fraction of sp³-hybridized carbons (Fsp3) is 0.438. The number of thioether (sulfide) groups is 1. The molecule has 0 spiro atoms. The Morgan fingerprint density at radius 1 is 1.43 bits per heavy atom. The third-order valence-electron chi connectivity index (χ3n) is 3.68. The molecule has 1 unspecified atom stereocenters. The quantitative estimate of drug-likeness (QED) is 0.845. The molecule has 0 aliphatic heterocycles. The molecule has 0 aliphatic rings. The lowest BCUT2D eigenvalue weighted by molar-refractivity contribution is 0.0665. The van der Waals surface area contributed by atoms with Crippen LogP contribution in [-0.4, -0.2) is 41.1 Å². The van der Waals surface area contributed by atoms with Crippen LogP contribution in [0.25, 0.3) is 11.0 Å². The molecule has 1 aromatic carbocycles. The van der Waals surface area contributed by atoms with Crippen molar-refractivity contribution in [2.45, 2.75) is 25.9 Å². The molecular weight excluding hydrogens is 286 g/mol. The van der Waals surface area contributed by atoms with Gasteiger partial charge in [-0.05, 0) is 43.5 Å². The second-order valence-corrected chi connectivity index (χ2v) is 6.13. The van der Waals surface area contributed by atoms with Crippen LogP contribution in [0.5, 0.6) is 0 Å². The standard InChI is InChI=1S/C16H21NO3S/c1-4-13(10-21-3)17(2)9-11-5-6-14-12(7-11)8-15(20-14)16(18)19/h5-8,13H,4,9-10H2,1-3H3,(H,18,19). The molecule has 0 aliphatic carbocycles. The van der Waals surface area contributed by atoms with Gasteiger partial charge in [0.25, 0.3) is 0 Å². The summed E-state index contributed by atoms with van der Waals surface area (Å²) in [5, 5.41) is 9.80. The van der Waals surface area contributed by atoms with Gasteiger partial charge in [-0.25, -0.2) is 4.79 Å². The molecule has 1 N–H and O–H groups in total. The molecule has 2 rings (SSSR count). The highest BCUT2D eigenvalue weighted by Crippen LogP contribution is 2.22. The number of hydrogen-bond acceptors (Lipinski definition) is 4. The average molecular weight is 307 g/mol. The molecule has 2 aromatic rings. The third kappa shape index (κ3) is 3.80. The van der Waals surface area contributed by atoms with Crippen molar-refractivity contribution in [2.75, 3.05) is 19.1 Å². The molecule has 0 saturated carbocycles. The van der Waals surface area contributed by atoms with Crippen molar-refractivity contribution in [2.24, 2.45) is 0 Å². The monoisotopic (exact) mass is 307 g/mol. The highest BCUT2D eigenvalue weighted by Gasteiger charge is 2.14. The minimum Gasteiger partial charge on any atom is -0.475 e. The van der Waals surface area contributed by atoms with Gasteiger partial charge in [0.05, 0.1) is 0 Å². The number of hydrogen-bond donors (Lipinski definition) is 1. The van der Waals surface area contributed by atoms with E-state index in [-0.39, 0.29) is 5.76 Å². The summed E-state index contributed by atoms with van der Waals surface area (Å²) < 4.78 is 5.28. The van der Waals surface area contributed by atoms with Crippen molar-refractivity contribution in [3.8, 4) is 0 Å². The number of carbonyl (C=O) groups is 1. The van der Waals surface area contributed by atoms with E-state index >= 15 is 0 Å². The zero-order chi connectivity index (χ0) is 15.4. The summed E-state index contributed by atoms with van der Waals surface area (Å²) >= 11 is 1.86. The smallest absolute Gasteiger partial charge is 0.371 e. The molecule has 0 bridgehead atoms. The van der Waals surface area contributed by atoms with E-state index in [0.717, 1.165) is 24.1 Å². The lowest BCUT2D eigenvalue weighted by Crippen LogP contribution is -2.32. The van der Waals surface area contributed by atoms with E-state index in [2.05, 4.69) is 25.1 Å². The number of carboxylic acids is 1. The molecule has 0 radical (unpaired) electrons. The molecule has 1 atom stereocenters. The van der Waals surface area contributed by atoms with Crippen LogP contribution in [0, 0.1) is 0 Å². The van der Waals surface area contributed by atoms with Crippen molar-refractivity contribution in [3.63, 3.8) is 0 Å². The molecule has 0 amide bonds. The second-order valence-electron chi connectivity index (χ2n) is 5.22. The summed E-state index contributed by atoms with van der Waals surface area (Å²) in [5.74, 6) is 0.0737. The Kier molecular flexibility index (Phi) is 5.31. The highest BCUT2D eigenvalue weighted by atomic mass is 32.2. The molecule has 21 heavy (non-hydrogen) atoms. The molecule has 0 saturated heterocycles. The molecule has 5 heteroatoms. The Balaban J connectivity index is 2.16. The Morgan fingerprint density at radius 3 is 2.81 bits per heavy atom. The van der Waals surface area contributed by atoms with Crippen molar-refractivity contribution in [1.82, 2.24) is 4.90 Å². The van der Waals surface area contributed by atoms with Gasteiger partial charge in [-0.2, -0.15) is 11.8 Å². The van der Waals surface area contributed by atoms with E-state index < -0.39 is 5.97 Å². The molecule has 0 fully saturated rings. The first-order chi connectivity index (χ1) is 10.0. The normalized spacial score (nSPS) is 13.0. The van der Waals surface area contributed by atoms with Crippen molar-refractivity contribution >= 4 is 28.7 Å². The largest absolute Gasteiger partial charge is 0.475 e. The van der Waals surface area contributed by atoms with Crippen molar-refractivity contribution < 1.29 is 14.3 Å². The second kappa shape index (κ2) is 7.00. The van der Waals surface area contributed by atoms with E-state index in [1.54, 1.807) is 6.07 Å². The Hall–Kier alpha value is -1.46. The zero-order valence-corrected chi connectivity index (χ0v) is 13.4. The predicted octanol–water partition coefficient (Wildman–Crippen LogP) is 3.70. The van der Waals surface area contributed by atoms with E-state index in [1.165, 1.54) is 5.56 Å². The topological polar surface area (TPSA) is 53.7 Å². The van der Waals surface area contributed by atoms with Gasteiger partial charge in [0.2, 0.25) is 5.76 Å². The number of furan rings is 1. The van der Waals surface area contributed by atoms with Crippen LogP contribution in [0.15, 0.2) is 28.7 Å². The summed E-state index contributed by atoms with van der Waals surface area (Å²) in [7, 11) is 2.13. The van der Waals surface area contributed by atoms with Gasteiger partial charge in [0, 0.05) is 23.7 Å². The van der Waals surface area contributed by atoms with E-state index in [9.17, 15) is 4.79 Å². The minimum atomic E-state index is -1.03. The number of aromatic carboxylic acids is 1. The third-order valence-corrected chi connectivity index (χ3v) is 4.40. The van der Waals surface area contributed by atoms with Crippen molar-refractivity contribution in [1.29, 1.82) is 0 Å². The van der Waals surface area contributed by atoms with Gasteiger partial charge in [0.15, 0.2) is 0 Å². The van der Waals surface area contributed by atoms with Gasteiger partial charge in [-0.15, -0.1) is 0 Å². The van der Waals surface area contributed by atoms with Gasteiger partial charge < -0.3 is 9.52 Å². The number of rotatable bonds is 7. The SMILES string of the molecule is CCC(CSC)N(C)Cc1ccc2oc(C(=O)O)cc2c1. The lowest BCUT2D eigenvalue weighted by Gasteiger charge is -2.26. The maximum absolute atomic E-state index is 10.9. The van der Waals surface area contributed by atoms with Crippen LogP contribution in [0.3, 0.4) is 0 Å². The molecule has 4 nitrogen and oxygen atoms in total. The van der Waals surface area contributed by atoms with Crippen LogP contribution < -0.4 is 0 Å². The van der Waals surface area contributed by atoms with E-state index in [4.69, 9.17) is 9.52 Å². The Bertz CT molecular complexity index is 623.